The molecule has 4 nitrogen and oxygen atoms in total. The Morgan fingerprint density at radius 2 is 1.68 bits per heavy atom. The lowest BCUT2D eigenvalue weighted by molar-refractivity contribution is -0.141. The second kappa shape index (κ2) is 13.2. The fourth-order valence-corrected chi connectivity index (χ4v) is 4.79. The molecule has 0 aromatic heterocycles. The van der Waals surface area contributed by atoms with E-state index in [-0.39, 0.29) is 11.8 Å². The van der Waals surface area contributed by atoms with Gasteiger partial charge in [0.25, 0.3) is 0 Å². The first kappa shape index (κ1) is 25.9. The standard InChI is InChI=1S/C28H31ClN2O2S/c1-21-8-6-11-23(18-21)20-31(26(28(33)30-2)19-22-9-4-3-5-10-22)27(32)12-7-17-34-25-15-13-24(29)14-16-25/h3-6,8-11,13-16,18,26H,7,12,17,19-20H2,1-2H3,(H,30,33)/t26-/m1/s1. The Balaban J connectivity index is 1.74. The third-order valence-corrected chi connectivity index (χ3v) is 6.92. The van der Waals surface area contributed by atoms with Crippen molar-refractivity contribution in [3.05, 3.63) is 101 Å². The van der Waals surface area contributed by atoms with E-state index in [0.29, 0.717) is 24.4 Å². The number of thioether (sulfide) groups is 1. The maximum absolute atomic E-state index is 13.5. The number of carbonyl (C=O) groups excluding carboxylic acids is 2. The van der Waals surface area contributed by atoms with Gasteiger partial charge in [0.15, 0.2) is 0 Å². The highest BCUT2D eigenvalue weighted by atomic mass is 35.5. The average molecular weight is 495 g/mol. The summed E-state index contributed by atoms with van der Waals surface area (Å²) >= 11 is 7.66. The summed E-state index contributed by atoms with van der Waals surface area (Å²) in [6.45, 7) is 2.43. The first-order valence-corrected chi connectivity index (χ1v) is 12.8. The second-order valence-electron chi connectivity index (χ2n) is 8.24. The lowest BCUT2D eigenvalue weighted by atomic mass is 10.0. The summed E-state index contributed by atoms with van der Waals surface area (Å²) in [5.74, 6) is 0.651. The normalized spacial score (nSPS) is 11.6. The fourth-order valence-electron chi connectivity index (χ4n) is 3.82. The predicted molar refractivity (Wildman–Crippen MR) is 141 cm³/mol. The van der Waals surface area contributed by atoms with E-state index in [1.54, 1.807) is 23.7 Å². The van der Waals surface area contributed by atoms with Crippen molar-refractivity contribution in [3.63, 3.8) is 0 Å². The van der Waals surface area contributed by atoms with Gasteiger partial charge in [-0.25, -0.2) is 0 Å². The van der Waals surface area contributed by atoms with Crippen LogP contribution in [-0.2, 0) is 22.6 Å². The van der Waals surface area contributed by atoms with Crippen molar-refractivity contribution >= 4 is 35.2 Å². The molecule has 0 bridgehead atoms. The summed E-state index contributed by atoms with van der Waals surface area (Å²) in [5.41, 5.74) is 3.17. The van der Waals surface area contributed by atoms with Crippen LogP contribution < -0.4 is 5.32 Å². The predicted octanol–water partition coefficient (Wildman–Crippen LogP) is 5.91. The molecule has 1 atom stereocenters. The highest BCUT2D eigenvalue weighted by molar-refractivity contribution is 7.99. The molecular weight excluding hydrogens is 464 g/mol. The number of benzene rings is 3. The van der Waals surface area contributed by atoms with Crippen LogP contribution >= 0.6 is 23.4 Å². The molecule has 0 radical (unpaired) electrons. The van der Waals surface area contributed by atoms with E-state index in [1.165, 1.54) is 0 Å². The summed E-state index contributed by atoms with van der Waals surface area (Å²) in [5, 5.41) is 3.48. The molecule has 6 heteroatoms. The van der Waals surface area contributed by atoms with Crippen molar-refractivity contribution in [2.24, 2.45) is 0 Å². The number of aryl methyl sites for hydroxylation is 1. The van der Waals surface area contributed by atoms with Crippen LogP contribution in [-0.4, -0.2) is 35.6 Å². The van der Waals surface area contributed by atoms with E-state index in [1.807, 2.05) is 79.7 Å². The van der Waals surface area contributed by atoms with Gasteiger partial charge in [0, 0.05) is 36.4 Å². The molecule has 34 heavy (non-hydrogen) atoms. The Kier molecular flexibility index (Phi) is 10.0. The van der Waals surface area contributed by atoms with Crippen molar-refractivity contribution in [3.8, 4) is 0 Å². The van der Waals surface area contributed by atoms with Gasteiger partial charge in [-0.1, -0.05) is 71.8 Å². The smallest absolute Gasteiger partial charge is 0.242 e. The number of hydrogen-bond acceptors (Lipinski definition) is 3. The minimum absolute atomic E-state index is 0.0113. The van der Waals surface area contributed by atoms with Gasteiger partial charge in [0.1, 0.15) is 6.04 Å². The summed E-state index contributed by atoms with van der Waals surface area (Å²) in [6, 6.07) is 25.1. The fraction of sp³-hybridized carbons (Fsp3) is 0.286. The first-order chi connectivity index (χ1) is 16.5. The number of rotatable bonds is 11. The Morgan fingerprint density at radius 3 is 2.35 bits per heavy atom. The van der Waals surface area contributed by atoms with E-state index >= 15 is 0 Å². The Morgan fingerprint density at radius 1 is 0.971 bits per heavy atom. The van der Waals surface area contributed by atoms with Crippen molar-refractivity contribution < 1.29 is 9.59 Å². The monoisotopic (exact) mass is 494 g/mol. The van der Waals surface area contributed by atoms with Gasteiger partial charge >= 0.3 is 0 Å². The van der Waals surface area contributed by atoms with Crippen LogP contribution in [0.15, 0.2) is 83.8 Å². The van der Waals surface area contributed by atoms with Crippen LogP contribution in [0.4, 0.5) is 0 Å². The molecule has 0 fully saturated rings. The molecule has 0 aliphatic rings. The quantitative estimate of drug-likeness (QED) is 0.266. The molecule has 0 saturated carbocycles. The largest absolute Gasteiger partial charge is 0.357 e. The zero-order valence-corrected chi connectivity index (χ0v) is 21.2. The van der Waals surface area contributed by atoms with Crippen LogP contribution in [0, 0.1) is 6.92 Å². The average Bonchev–Trinajstić information content (AvgIpc) is 2.85. The highest BCUT2D eigenvalue weighted by Crippen LogP contribution is 2.22. The van der Waals surface area contributed by atoms with Crippen molar-refractivity contribution in [1.29, 1.82) is 0 Å². The first-order valence-electron chi connectivity index (χ1n) is 11.4. The summed E-state index contributed by atoms with van der Waals surface area (Å²) < 4.78 is 0. The topological polar surface area (TPSA) is 49.4 Å². The van der Waals surface area contributed by atoms with Crippen LogP contribution in [0.1, 0.15) is 29.5 Å². The van der Waals surface area contributed by atoms with E-state index in [2.05, 4.69) is 11.4 Å². The molecule has 0 aliphatic heterocycles. The second-order valence-corrected chi connectivity index (χ2v) is 9.84. The van der Waals surface area contributed by atoms with Gasteiger partial charge < -0.3 is 10.2 Å². The van der Waals surface area contributed by atoms with Gasteiger partial charge in [-0.05, 0) is 54.5 Å². The molecule has 0 unspecified atom stereocenters. The number of hydrogen-bond donors (Lipinski definition) is 1. The van der Waals surface area contributed by atoms with E-state index in [9.17, 15) is 9.59 Å². The third kappa shape index (κ3) is 7.93. The zero-order chi connectivity index (χ0) is 24.3. The van der Waals surface area contributed by atoms with Gasteiger partial charge in [-0.3, -0.25) is 9.59 Å². The van der Waals surface area contributed by atoms with Crippen LogP contribution in [0.5, 0.6) is 0 Å². The SMILES string of the molecule is CNC(=O)[C@@H](Cc1ccccc1)N(Cc1cccc(C)c1)C(=O)CCCSc1ccc(Cl)cc1. The van der Waals surface area contributed by atoms with E-state index < -0.39 is 6.04 Å². The maximum atomic E-state index is 13.5. The minimum atomic E-state index is -0.579. The van der Waals surface area contributed by atoms with Gasteiger partial charge in [-0.2, -0.15) is 0 Å². The van der Waals surface area contributed by atoms with Crippen LogP contribution in [0.3, 0.4) is 0 Å². The molecule has 3 aromatic rings. The van der Waals surface area contributed by atoms with Crippen LogP contribution in [0.25, 0.3) is 0 Å². The summed E-state index contributed by atoms with van der Waals surface area (Å²) in [6.07, 6.45) is 1.58. The zero-order valence-electron chi connectivity index (χ0n) is 19.7. The lowest BCUT2D eigenvalue weighted by Gasteiger charge is -2.31. The van der Waals surface area contributed by atoms with Gasteiger partial charge in [0.2, 0.25) is 11.8 Å². The van der Waals surface area contributed by atoms with Crippen molar-refractivity contribution in [1.82, 2.24) is 10.2 Å². The molecular formula is C28H31ClN2O2S. The lowest BCUT2D eigenvalue weighted by Crippen LogP contribution is -2.49. The van der Waals surface area contributed by atoms with Crippen molar-refractivity contribution in [2.45, 2.75) is 43.7 Å². The number of nitrogens with zero attached hydrogens (tertiary/aromatic N) is 1. The highest BCUT2D eigenvalue weighted by Gasteiger charge is 2.29. The molecule has 0 heterocycles. The van der Waals surface area contributed by atoms with Crippen molar-refractivity contribution in [2.75, 3.05) is 12.8 Å². The molecule has 3 aromatic carbocycles. The molecule has 178 valence electrons. The number of halogens is 1. The summed E-state index contributed by atoms with van der Waals surface area (Å²) in [7, 11) is 1.62. The third-order valence-electron chi connectivity index (χ3n) is 5.57. The number of nitrogens with one attached hydrogen (secondary N) is 1. The number of amides is 2. The Hall–Kier alpha value is -2.76. The molecule has 0 spiro atoms. The minimum Gasteiger partial charge on any atom is -0.357 e. The Labute approximate surface area is 211 Å². The number of likely N-dealkylation sites (N-methyl/N-ethyl adjacent to an activating group) is 1. The Bertz CT molecular complexity index is 1070. The van der Waals surface area contributed by atoms with E-state index in [0.717, 1.165) is 33.8 Å². The maximum Gasteiger partial charge on any atom is 0.242 e. The van der Waals surface area contributed by atoms with E-state index in [4.69, 9.17) is 11.6 Å². The molecule has 0 saturated heterocycles. The molecule has 2 amide bonds. The summed E-state index contributed by atoms with van der Waals surface area (Å²) in [4.78, 5) is 29.3. The molecule has 0 aliphatic carbocycles. The van der Waals surface area contributed by atoms with Gasteiger partial charge in [-0.15, -0.1) is 11.8 Å². The molecule has 1 N–H and O–H groups in total. The number of carbonyl (C=O) groups is 2. The van der Waals surface area contributed by atoms with Gasteiger partial charge in [0.05, 0.1) is 0 Å². The molecule has 3 rings (SSSR count). The van der Waals surface area contributed by atoms with Crippen LogP contribution in [0.2, 0.25) is 5.02 Å².